The fraction of sp³-hybridized carbons (Fsp3) is 0.182. The molecule has 20 heavy (non-hydrogen) atoms. The number of nitro benzene ring substituents is 1. The molecule has 2 rings (SSSR count). The number of rotatable bonds is 4. The van der Waals surface area contributed by atoms with E-state index in [4.69, 9.17) is 0 Å². The summed E-state index contributed by atoms with van der Waals surface area (Å²) in [6.45, 7) is 0.0981. The lowest BCUT2D eigenvalue weighted by atomic mass is 10.1. The molecule has 106 valence electrons. The summed E-state index contributed by atoms with van der Waals surface area (Å²) in [5.74, 6) is 0. The normalized spacial score (nSPS) is 11.3. The van der Waals surface area contributed by atoms with Gasteiger partial charge in [0.15, 0.2) is 0 Å². The highest BCUT2D eigenvalue weighted by atomic mass is 19.4. The number of benzene rings is 1. The predicted octanol–water partition coefficient (Wildman–Crippen LogP) is 2.95. The van der Waals surface area contributed by atoms with Gasteiger partial charge in [-0.25, -0.2) is 4.98 Å². The van der Waals surface area contributed by atoms with Gasteiger partial charge in [-0.2, -0.15) is 13.2 Å². The number of aromatic nitrogens is 2. The summed E-state index contributed by atoms with van der Waals surface area (Å²) < 4.78 is 38.6. The Bertz CT molecular complexity index is 611. The lowest BCUT2D eigenvalue weighted by Gasteiger charge is -2.13. The van der Waals surface area contributed by atoms with Crippen LogP contribution in [0.3, 0.4) is 0 Å². The van der Waals surface area contributed by atoms with Crippen molar-refractivity contribution in [3.05, 3.63) is 52.1 Å². The maximum absolute atomic E-state index is 12.9. The Hall–Kier alpha value is -2.58. The van der Waals surface area contributed by atoms with Crippen LogP contribution in [-0.2, 0) is 12.7 Å². The molecular weight excluding hydrogens is 277 g/mol. The highest BCUT2D eigenvalue weighted by Crippen LogP contribution is 2.37. The summed E-state index contributed by atoms with van der Waals surface area (Å²) in [5.41, 5.74) is -1.31. The van der Waals surface area contributed by atoms with Crippen LogP contribution in [0, 0.1) is 10.1 Å². The van der Waals surface area contributed by atoms with Crippen molar-refractivity contribution < 1.29 is 18.1 Å². The van der Waals surface area contributed by atoms with Gasteiger partial charge in [0.2, 0.25) is 0 Å². The zero-order valence-corrected chi connectivity index (χ0v) is 9.94. The molecule has 0 bridgehead atoms. The lowest BCUT2D eigenvalue weighted by Crippen LogP contribution is -2.11. The smallest absolute Gasteiger partial charge is 0.379 e. The molecule has 0 unspecified atom stereocenters. The fourth-order valence-electron chi connectivity index (χ4n) is 1.61. The Balaban J connectivity index is 2.29. The van der Waals surface area contributed by atoms with Crippen molar-refractivity contribution in [3.63, 3.8) is 0 Å². The Morgan fingerprint density at radius 3 is 2.70 bits per heavy atom. The molecule has 1 aromatic carbocycles. The van der Waals surface area contributed by atoms with Gasteiger partial charge in [-0.15, -0.1) is 0 Å². The van der Waals surface area contributed by atoms with Crippen LogP contribution in [0.25, 0.3) is 0 Å². The minimum absolute atomic E-state index is 0.0981. The number of hydrogen-bond acceptors (Lipinski definition) is 4. The average Bonchev–Trinajstić information content (AvgIpc) is 2.88. The third-order valence-electron chi connectivity index (χ3n) is 2.54. The first-order valence-electron chi connectivity index (χ1n) is 5.44. The molecule has 2 N–H and O–H groups in total. The lowest BCUT2D eigenvalue weighted by molar-refractivity contribution is -0.385. The number of halogens is 3. The summed E-state index contributed by atoms with van der Waals surface area (Å²) in [7, 11) is 0. The van der Waals surface area contributed by atoms with E-state index < -0.39 is 22.4 Å². The van der Waals surface area contributed by atoms with Gasteiger partial charge >= 0.3 is 6.18 Å². The molecule has 0 saturated heterocycles. The monoisotopic (exact) mass is 286 g/mol. The summed E-state index contributed by atoms with van der Waals surface area (Å²) >= 11 is 0. The quantitative estimate of drug-likeness (QED) is 0.668. The van der Waals surface area contributed by atoms with Gasteiger partial charge in [-0.05, 0) is 6.07 Å². The van der Waals surface area contributed by atoms with Crippen molar-refractivity contribution in [2.75, 3.05) is 5.32 Å². The number of hydrogen-bond donors (Lipinski definition) is 2. The van der Waals surface area contributed by atoms with Crippen LogP contribution in [0.2, 0.25) is 0 Å². The number of nitrogens with one attached hydrogen (secondary N) is 2. The molecule has 0 atom stereocenters. The summed E-state index contributed by atoms with van der Waals surface area (Å²) in [4.78, 5) is 16.1. The van der Waals surface area contributed by atoms with E-state index >= 15 is 0 Å². The Kier molecular flexibility index (Phi) is 3.59. The second-order valence-electron chi connectivity index (χ2n) is 3.92. The number of alkyl halides is 3. The van der Waals surface area contributed by atoms with Crippen LogP contribution >= 0.6 is 0 Å². The number of anilines is 1. The second kappa shape index (κ2) is 5.19. The zero-order chi connectivity index (χ0) is 14.8. The number of nitro groups is 1. The SMILES string of the molecule is O=[N+]([O-])c1ccc(NCc2cnc[nH]2)c(C(F)(F)F)c1. The van der Waals surface area contributed by atoms with Gasteiger partial charge < -0.3 is 10.3 Å². The van der Waals surface area contributed by atoms with Gasteiger partial charge in [-0.3, -0.25) is 10.1 Å². The number of imidazole rings is 1. The van der Waals surface area contributed by atoms with Crippen molar-refractivity contribution in [1.82, 2.24) is 9.97 Å². The third-order valence-corrected chi connectivity index (χ3v) is 2.54. The Morgan fingerprint density at radius 1 is 1.40 bits per heavy atom. The van der Waals surface area contributed by atoms with E-state index in [1.807, 2.05) is 0 Å². The third kappa shape index (κ3) is 3.05. The maximum Gasteiger partial charge on any atom is 0.418 e. The molecule has 0 aliphatic heterocycles. The van der Waals surface area contributed by atoms with E-state index in [1.54, 1.807) is 0 Å². The maximum atomic E-state index is 12.9. The molecule has 2 aromatic rings. The van der Waals surface area contributed by atoms with E-state index in [-0.39, 0.29) is 12.2 Å². The van der Waals surface area contributed by atoms with Gasteiger partial charge in [0, 0.05) is 24.0 Å². The average molecular weight is 286 g/mol. The second-order valence-corrected chi connectivity index (χ2v) is 3.92. The standard InChI is InChI=1S/C11H9F3N4O2/c12-11(13,14)9-3-8(18(19)20)1-2-10(9)16-5-7-4-15-6-17-7/h1-4,6,16H,5H2,(H,15,17). The van der Waals surface area contributed by atoms with Gasteiger partial charge in [0.1, 0.15) is 0 Å². The highest BCUT2D eigenvalue weighted by Gasteiger charge is 2.35. The van der Waals surface area contributed by atoms with Crippen molar-refractivity contribution in [2.24, 2.45) is 0 Å². The van der Waals surface area contributed by atoms with Crippen LogP contribution in [0.1, 0.15) is 11.3 Å². The van der Waals surface area contributed by atoms with Gasteiger partial charge in [0.25, 0.3) is 5.69 Å². The molecule has 6 nitrogen and oxygen atoms in total. The molecule has 0 fully saturated rings. The fourth-order valence-corrected chi connectivity index (χ4v) is 1.61. The number of H-pyrrole nitrogens is 1. The van der Waals surface area contributed by atoms with E-state index in [0.717, 1.165) is 12.1 Å². The Morgan fingerprint density at radius 2 is 2.15 bits per heavy atom. The summed E-state index contributed by atoms with van der Waals surface area (Å²) in [5, 5.41) is 13.1. The zero-order valence-electron chi connectivity index (χ0n) is 9.94. The highest BCUT2D eigenvalue weighted by molar-refractivity contribution is 5.57. The first-order chi connectivity index (χ1) is 9.38. The largest absolute Gasteiger partial charge is 0.418 e. The molecule has 0 saturated carbocycles. The van der Waals surface area contributed by atoms with E-state index in [0.29, 0.717) is 11.8 Å². The molecule has 1 aromatic heterocycles. The molecule has 0 amide bonds. The molecule has 0 aliphatic carbocycles. The van der Waals surface area contributed by atoms with Crippen molar-refractivity contribution >= 4 is 11.4 Å². The van der Waals surface area contributed by atoms with Crippen molar-refractivity contribution in [1.29, 1.82) is 0 Å². The molecule has 9 heteroatoms. The van der Waals surface area contributed by atoms with Crippen LogP contribution in [0.5, 0.6) is 0 Å². The molecule has 0 aliphatic rings. The number of non-ortho nitro benzene ring substituents is 1. The summed E-state index contributed by atoms with van der Waals surface area (Å²) in [6, 6.07) is 2.57. The first-order valence-corrected chi connectivity index (χ1v) is 5.44. The minimum atomic E-state index is -4.68. The van der Waals surface area contributed by atoms with Crippen LogP contribution < -0.4 is 5.32 Å². The van der Waals surface area contributed by atoms with E-state index in [2.05, 4.69) is 15.3 Å². The minimum Gasteiger partial charge on any atom is -0.379 e. The summed E-state index contributed by atoms with van der Waals surface area (Å²) in [6.07, 6.45) is -1.81. The van der Waals surface area contributed by atoms with E-state index in [1.165, 1.54) is 12.5 Å². The van der Waals surface area contributed by atoms with Crippen LogP contribution in [0.4, 0.5) is 24.5 Å². The van der Waals surface area contributed by atoms with E-state index in [9.17, 15) is 23.3 Å². The van der Waals surface area contributed by atoms with Crippen LogP contribution in [-0.4, -0.2) is 14.9 Å². The van der Waals surface area contributed by atoms with Crippen molar-refractivity contribution in [2.45, 2.75) is 12.7 Å². The van der Waals surface area contributed by atoms with Gasteiger partial charge in [-0.1, -0.05) is 0 Å². The first kappa shape index (κ1) is 13.8. The van der Waals surface area contributed by atoms with Gasteiger partial charge in [0.05, 0.1) is 29.1 Å². The predicted molar refractivity (Wildman–Crippen MR) is 64.0 cm³/mol. The topological polar surface area (TPSA) is 83.8 Å². The number of nitrogens with zero attached hydrogens (tertiary/aromatic N) is 2. The molecule has 0 spiro atoms. The Labute approximate surface area is 110 Å². The molecule has 1 heterocycles. The van der Waals surface area contributed by atoms with Crippen molar-refractivity contribution in [3.8, 4) is 0 Å². The molecular formula is C11H9F3N4O2. The van der Waals surface area contributed by atoms with Crippen LogP contribution in [0.15, 0.2) is 30.7 Å². The number of aromatic amines is 1. The molecule has 0 radical (unpaired) electrons.